The van der Waals surface area contributed by atoms with Crippen LogP contribution in [0, 0.1) is 0 Å². The van der Waals surface area contributed by atoms with Gasteiger partial charge in [-0.15, -0.1) is 0 Å². The van der Waals surface area contributed by atoms with Gasteiger partial charge < -0.3 is 25.7 Å². The zero-order chi connectivity index (χ0) is 22.2. The van der Waals surface area contributed by atoms with Gasteiger partial charge in [-0.05, 0) is 5.56 Å². The standard InChI is InChI=1S/C18H19N3O8S.Li/c1-9(22)29-7-11-8-30(27,28)17-13(16(24)21(17)14(11)18(25)26)20-15(23)12(19)10-5-3-2-4-6-10;/h2-6,12-13,17H,7-8,19H2,1H3,(H,20,23)(H,25,26);/q;+1/p-1/t12?,13-,17-;/m0./s1. The van der Waals surface area contributed by atoms with Crippen molar-refractivity contribution in [1.82, 2.24) is 10.2 Å². The van der Waals surface area contributed by atoms with E-state index in [0.717, 1.165) is 6.92 Å². The zero-order valence-electron chi connectivity index (χ0n) is 16.7. The van der Waals surface area contributed by atoms with Crippen LogP contribution in [0.3, 0.4) is 0 Å². The number of β-lactam (4-membered cyclic amide) rings is 1. The molecule has 11 nitrogen and oxygen atoms in total. The van der Waals surface area contributed by atoms with Crippen LogP contribution in [0.4, 0.5) is 0 Å². The second-order valence-corrected chi connectivity index (χ2v) is 8.90. The van der Waals surface area contributed by atoms with Crippen molar-refractivity contribution >= 4 is 33.6 Å². The zero-order valence-corrected chi connectivity index (χ0v) is 17.5. The van der Waals surface area contributed by atoms with Crippen molar-refractivity contribution in [3.05, 3.63) is 47.2 Å². The van der Waals surface area contributed by atoms with Crippen LogP contribution in [-0.2, 0) is 33.8 Å². The van der Waals surface area contributed by atoms with Crippen LogP contribution in [0.15, 0.2) is 41.6 Å². The largest absolute Gasteiger partial charge is 1.00 e. The second-order valence-electron chi connectivity index (χ2n) is 6.80. The van der Waals surface area contributed by atoms with Gasteiger partial charge in [-0.2, -0.15) is 0 Å². The van der Waals surface area contributed by atoms with E-state index in [-0.39, 0.29) is 24.4 Å². The number of benzene rings is 1. The van der Waals surface area contributed by atoms with Gasteiger partial charge in [0.2, 0.25) is 5.91 Å². The summed E-state index contributed by atoms with van der Waals surface area (Å²) in [5, 5.41) is 12.2. The fourth-order valence-electron chi connectivity index (χ4n) is 3.37. The third kappa shape index (κ3) is 4.67. The summed E-state index contributed by atoms with van der Waals surface area (Å²) in [5.41, 5.74) is 5.34. The third-order valence-corrected chi connectivity index (χ3v) is 6.71. The van der Waals surface area contributed by atoms with Crippen LogP contribution in [0.2, 0.25) is 0 Å². The molecule has 0 aliphatic carbocycles. The first-order chi connectivity index (χ1) is 14.0. The number of sulfone groups is 1. The summed E-state index contributed by atoms with van der Waals surface area (Å²) in [6.07, 6.45) is 0. The molecule has 0 spiro atoms. The second kappa shape index (κ2) is 9.23. The van der Waals surface area contributed by atoms with Crippen LogP contribution < -0.4 is 35.0 Å². The van der Waals surface area contributed by atoms with Gasteiger partial charge in [0.25, 0.3) is 5.91 Å². The molecule has 3 rings (SSSR count). The molecule has 2 aliphatic heterocycles. The minimum absolute atomic E-state index is 0. The molecule has 0 bridgehead atoms. The Hall–Kier alpha value is -2.65. The molecule has 1 saturated heterocycles. The van der Waals surface area contributed by atoms with Crippen LogP contribution in [0.25, 0.3) is 0 Å². The Morgan fingerprint density at radius 1 is 1.29 bits per heavy atom. The molecular formula is C18H18LiN3O8S. The number of carboxylic acids is 1. The molecule has 0 radical (unpaired) electrons. The summed E-state index contributed by atoms with van der Waals surface area (Å²) >= 11 is 0. The maximum Gasteiger partial charge on any atom is 1.00 e. The normalized spacial score (nSPS) is 22.4. The number of carbonyl (C=O) groups is 4. The van der Waals surface area contributed by atoms with E-state index in [9.17, 15) is 32.7 Å². The number of aliphatic carboxylic acids is 1. The van der Waals surface area contributed by atoms with Crippen LogP contribution in [-0.4, -0.2) is 60.8 Å². The van der Waals surface area contributed by atoms with E-state index in [1.54, 1.807) is 30.3 Å². The first-order valence-electron chi connectivity index (χ1n) is 8.77. The number of nitrogens with one attached hydrogen (secondary N) is 1. The van der Waals surface area contributed by atoms with Crippen LogP contribution >= 0.6 is 0 Å². The minimum atomic E-state index is -4.10. The topological polar surface area (TPSA) is 176 Å². The monoisotopic (exact) mass is 443 g/mol. The number of nitrogens with zero attached hydrogens (tertiary/aromatic N) is 1. The van der Waals surface area contributed by atoms with Crippen molar-refractivity contribution in [2.45, 2.75) is 24.4 Å². The van der Waals surface area contributed by atoms with Crippen molar-refractivity contribution in [3.8, 4) is 0 Å². The van der Waals surface area contributed by atoms with Crippen molar-refractivity contribution in [3.63, 3.8) is 0 Å². The number of carboxylic acid groups (broad SMARTS) is 1. The number of carbonyl (C=O) groups excluding carboxylic acids is 4. The molecule has 13 heteroatoms. The Kier molecular flexibility index (Phi) is 7.33. The number of ether oxygens (including phenoxy) is 1. The number of fused-ring (bicyclic) bond motifs is 1. The van der Waals surface area contributed by atoms with E-state index >= 15 is 0 Å². The van der Waals surface area contributed by atoms with Crippen molar-refractivity contribution in [2.75, 3.05) is 12.4 Å². The van der Waals surface area contributed by atoms with Gasteiger partial charge in [0, 0.05) is 12.5 Å². The molecule has 1 fully saturated rings. The molecule has 1 aromatic rings. The van der Waals surface area contributed by atoms with Gasteiger partial charge in [-0.25, -0.2) is 8.42 Å². The molecule has 1 unspecified atom stereocenters. The first kappa shape index (κ1) is 24.6. The fourth-order valence-corrected chi connectivity index (χ4v) is 5.37. The van der Waals surface area contributed by atoms with Crippen molar-refractivity contribution < 1.29 is 56.3 Å². The number of esters is 1. The Morgan fingerprint density at radius 2 is 1.90 bits per heavy atom. The van der Waals surface area contributed by atoms with E-state index in [1.165, 1.54) is 0 Å². The number of nitrogens with two attached hydrogens (primary N) is 1. The van der Waals surface area contributed by atoms with Gasteiger partial charge in [-0.1, -0.05) is 30.3 Å². The molecule has 3 N–H and O–H groups in total. The molecule has 160 valence electrons. The smallest absolute Gasteiger partial charge is 0.543 e. The summed E-state index contributed by atoms with van der Waals surface area (Å²) in [6, 6.07) is 5.57. The Balaban J connectivity index is 0.00000341. The van der Waals surface area contributed by atoms with E-state index in [4.69, 9.17) is 10.5 Å². The predicted molar refractivity (Wildman–Crippen MR) is 98.4 cm³/mol. The number of hydrogen-bond donors (Lipinski definition) is 2. The van der Waals surface area contributed by atoms with Gasteiger partial charge >= 0.3 is 24.8 Å². The molecule has 31 heavy (non-hydrogen) atoms. The molecular weight excluding hydrogens is 425 g/mol. The van der Waals surface area contributed by atoms with Crippen LogP contribution in [0.1, 0.15) is 18.5 Å². The van der Waals surface area contributed by atoms with Crippen molar-refractivity contribution in [1.29, 1.82) is 0 Å². The summed E-state index contributed by atoms with van der Waals surface area (Å²) in [6.45, 7) is 0.444. The summed E-state index contributed by atoms with van der Waals surface area (Å²) in [4.78, 5) is 48.1. The summed E-state index contributed by atoms with van der Waals surface area (Å²) in [5.74, 6) is -5.06. The van der Waals surface area contributed by atoms with Gasteiger partial charge in [-0.3, -0.25) is 19.3 Å². The van der Waals surface area contributed by atoms with Gasteiger partial charge in [0.1, 0.15) is 18.7 Å². The quantitative estimate of drug-likeness (QED) is 0.246. The maximum atomic E-state index is 12.7. The summed E-state index contributed by atoms with van der Waals surface area (Å²) < 4.78 is 30.1. The number of rotatable bonds is 6. The average molecular weight is 443 g/mol. The average Bonchev–Trinajstić information content (AvgIpc) is 2.69. The third-order valence-electron chi connectivity index (χ3n) is 4.74. The Labute approximate surface area is 189 Å². The molecule has 3 atom stereocenters. The Bertz CT molecular complexity index is 1060. The van der Waals surface area contributed by atoms with E-state index in [0.29, 0.717) is 10.5 Å². The Morgan fingerprint density at radius 3 is 2.45 bits per heavy atom. The predicted octanol–water partition coefficient (Wildman–Crippen LogP) is -5.66. The van der Waals surface area contributed by atoms with Gasteiger partial charge in [0.05, 0.1) is 17.4 Å². The van der Waals surface area contributed by atoms with E-state index < -0.39 is 69.1 Å². The summed E-state index contributed by atoms with van der Waals surface area (Å²) in [7, 11) is -4.10. The molecule has 0 saturated carbocycles. The number of hydrogen-bond acceptors (Lipinski definition) is 9. The van der Waals surface area contributed by atoms with Crippen LogP contribution in [0.5, 0.6) is 0 Å². The number of amides is 2. The SMILES string of the molecule is CC(=O)OCC1=C(C(=O)[O-])N2C(=O)[C@H](NC(=O)C(N)c3ccccc3)[C@@H]2S(=O)(=O)C1.[Li+]. The van der Waals surface area contributed by atoms with Crippen molar-refractivity contribution in [2.24, 2.45) is 5.73 Å². The molecule has 2 heterocycles. The molecule has 1 aromatic carbocycles. The first-order valence-corrected chi connectivity index (χ1v) is 10.5. The molecule has 0 aromatic heterocycles. The van der Waals surface area contributed by atoms with E-state index in [1.807, 2.05) is 0 Å². The minimum Gasteiger partial charge on any atom is -0.543 e. The fraction of sp³-hybridized carbons (Fsp3) is 0.333. The molecule has 2 aliphatic rings. The maximum absolute atomic E-state index is 12.7. The van der Waals surface area contributed by atoms with Gasteiger partial charge in [0.15, 0.2) is 15.2 Å². The van der Waals surface area contributed by atoms with E-state index in [2.05, 4.69) is 5.32 Å². The molecule has 2 amide bonds.